The van der Waals surface area contributed by atoms with Crippen molar-refractivity contribution in [2.75, 3.05) is 13.2 Å². The van der Waals surface area contributed by atoms with Gasteiger partial charge in [-0.1, -0.05) is 28.4 Å². The maximum atomic E-state index is 13.0. The van der Waals surface area contributed by atoms with Gasteiger partial charge < -0.3 is 23.9 Å². The summed E-state index contributed by atoms with van der Waals surface area (Å²) >= 11 is 12.3. The fourth-order valence-corrected chi connectivity index (χ4v) is 3.48. The molecule has 13 heteroatoms. The first-order valence-electron chi connectivity index (χ1n) is 9.38. The van der Waals surface area contributed by atoms with E-state index in [-0.39, 0.29) is 39.7 Å². The number of pyridine rings is 1. The molecule has 1 atom stereocenters. The van der Waals surface area contributed by atoms with Crippen molar-refractivity contribution in [3.8, 4) is 28.7 Å². The minimum Gasteiger partial charge on any atom is -0.490 e. The second-order valence-electron chi connectivity index (χ2n) is 7.10. The molecule has 0 radical (unpaired) electrons. The lowest BCUT2D eigenvalue weighted by Crippen LogP contribution is -2.21. The molecule has 1 aromatic carbocycles. The molecular formula is C20H15Cl2F3N4O4. The van der Waals surface area contributed by atoms with Crippen LogP contribution in [0.25, 0.3) is 28.6 Å². The van der Waals surface area contributed by atoms with Crippen LogP contribution >= 0.6 is 23.2 Å². The topological polar surface area (TPSA) is 106 Å². The molecule has 0 amide bonds. The number of hydrogen-bond acceptors (Lipinski definition) is 7. The van der Waals surface area contributed by atoms with Gasteiger partial charge in [-0.15, -0.1) is 0 Å². The molecule has 174 valence electrons. The number of aliphatic hydroxyl groups is 2. The van der Waals surface area contributed by atoms with Gasteiger partial charge in [0.25, 0.3) is 5.89 Å². The molecule has 0 aliphatic heterocycles. The van der Waals surface area contributed by atoms with Gasteiger partial charge in [0.05, 0.1) is 22.2 Å². The van der Waals surface area contributed by atoms with Crippen LogP contribution in [0.3, 0.4) is 0 Å². The van der Waals surface area contributed by atoms with Gasteiger partial charge in [-0.05, 0) is 30.7 Å². The lowest BCUT2D eigenvalue weighted by Gasteiger charge is -2.13. The molecule has 0 spiro atoms. The maximum Gasteiger partial charge on any atom is 0.417 e. The Hall–Kier alpha value is -2.86. The van der Waals surface area contributed by atoms with Gasteiger partial charge >= 0.3 is 6.18 Å². The molecule has 0 saturated carbocycles. The Bertz CT molecular complexity index is 1320. The van der Waals surface area contributed by atoms with Gasteiger partial charge in [-0.25, -0.2) is 4.98 Å². The Balaban J connectivity index is 1.65. The van der Waals surface area contributed by atoms with E-state index < -0.39 is 24.5 Å². The van der Waals surface area contributed by atoms with Crippen LogP contribution in [0.2, 0.25) is 10.0 Å². The molecule has 0 saturated heterocycles. The molecule has 33 heavy (non-hydrogen) atoms. The summed E-state index contributed by atoms with van der Waals surface area (Å²) in [5.74, 6) is 0.480. The second kappa shape index (κ2) is 8.82. The Labute approximate surface area is 194 Å². The van der Waals surface area contributed by atoms with Gasteiger partial charge in [0.2, 0.25) is 5.82 Å². The fourth-order valence-electron chi connectivity index (χ4n) is 2.98. The van der Waals surface area contributed by atoms with E-state index in [1.54, 1.807) is 13.0 Å². The SMILES string of the molecule is Cc1cc(-c2noc(-c3cn4cc(C(F)(F)F)cc(Cl)c4n3)n2)c(Cl)cc1OC[C@H](O)CO. The number of imidazole rings is 1. The monoisotopic (exact) mass is 502 g/mol. The van der Waals surface area contributed by atoms with E-state index in [2.05, 4.69) is 15.1 Å². The third kappa shape index (κ3) is 4.76. The van der Waals surface area contributed by atoms with Gasteiger partial charge in [-0.3, -0.25) is 0 Å². The highest BCUT2D eigenvalue weighted by Crippen LogP contribution is 2.35. The number of aliphatic hydroxyl groups excluding tert-OH is 2. The molecule has 0 fully saturated rings. The predicted octanol–water partition coefficient (Wildman–Crippen LogP) is 4.42. The molecule has 4 rings (SSSR count). The number of aromatic nitrogens is 4. The van der Waals surface area contributed by atoms with Crippen LogP contribution in [0.4, 0.5) is 13.2 Å². The van der Waals surface area contributed by atoms with Gasteiger partial charge in [0.15, 0.2) is 5.65 Å². The van der Waals surface area contributed by atoms with Crippen molar-refractivity contribution < 1.29 is 32.6 Å². The molecule has 2 N–H and O–H groups in total. The first-order chi connectivity index (χ1) is 15.6. The third-order valence-electron chi connectivity index (χ3n) is 4.63. The van der Waals surface area contributed by atoms with Crippen LogP contribution in [0.5, 0.6) is 5.75 Å². The summed E-state index contributed by atoms with van der Waals surface area (Å²) in [6.45, 7) is 1.18. The van der Waals surface area contributed by atoms with E-state index in [9.17, 15) is 18.3 Å². The van der Waals surface area contributed by atoms with Crippen molar-refractivity contribution in [3.63, 3.8) is 0 Å². The first-order valence-corrected chi connectivity index (χ1v) is 10.1. The molecule has 0 unspecified atom stereocenters. The molecule has 3 aromatic heterocycles. The zero-order valence-corrected chi connectivity index (χ0v) is 18.3. The Morgan fingerprint density at radius 3 is 2.61 bits per heavy atom. The number of benzene rings is 1. The highest BCUT2D eigenvalue weighted by Gasteiger charge is 2.32. The first kappa shape index (κ1) is 23.3. The van der Waals surface area contributed by atoms with Crippen molar-refractivity contribution in [1.29, 1.82) is 0 Å². The van der Waals surface area contributed by atoms with Gasteiger partial charge in [-0.2, -0.15) is 18.2 Å². The van der Waals surface area contributed by atoms with Gasteiger partial charge in [0.1, 0.15) is 24.2 Å². The Morgan fingerprint density at radius 1 is 1.15 bits per heavy atom. The molecule has 3 heterocycles. The van der Waals surface area contributed by atoms with E-state index in [0.717, 1.165) is 16.7 Å². The summed E-state index contributed by atoms with van der Waals surface area (Å²) in [5.41, 5.74) is 0.373. The lowest BCUT2D eigenvalue weighted by molar-refractivity contribution is -0.137. The van der Waals surface area contributed by atoms with Crippen LogP contribution in [0.15, 0.2) is 35.1 Å². The normalized spacial score (nSPS) is 13.0. The number of hydrogen-bond donors (Lipinski definition) is 2. The van der Waals surface area contributed by atoms with Crippen LogP contribution in [-0.2, 0) is 6.18 Å². The standard InChI is InChI=1S/C20H15Cl2F3N4O4/c1-9-2-12(13(21)4-16(9)32-8-11(31)7-30)17-27-19(33-28-17)15-6-29-5-10(20(23,24)25)3-14(22)18(29)26-15/h2-6,11,30-31H,7-8H2,1H3/t11-/m1/s1. The Morgan fingerprint density at radius 2 is 1.91 bits per heavy atom. The molecule has 0 aliphatic rings. The zero-order chi connectivity index (χ0) is 23.9. The highest BCUT2D eigenvalue weighted by atomic mass is 35.5. The van der Waals surface area contributed by atoms with E-state index in [4.69, 9.17) is 37.6 Å². The molecule has 4 aromatic rings. The van der Waals surface area contributed by atoms with Crippen molar-refractivity contribution in [3.05, 3.63) is 51.8 Å². The predicted molar refractivity (Wildman–Crippen MR) is 112 cm³/mol. The summed E-state index contributed by atoms with van der Waals surface area (Å²) in [5, 5.41) is 22.3. The van der Waals surface area contributed by atoms with Gasteiger partial charge in [0, 0.05) is 18.0 Å². The van der Waals surface area contributed by atoms with Crippen molar-refractivity contribution in [2.45, 2.75) is 19.2 Å². The third-order valence-corrected chi connectivity index (χ3v) is 5.22. The average Bonchev–Trinajstić information content (AvgIpc) is 3.40. The smallest absolute Gasteiger partial charge is 0.417 e. The van der Waals surface area contributed by atoms with Crippen molar-refractivity contribution in [2.24, 2.45) is 0 Å². The van der Waals surface area contributed by atoms with Crippen molar-refractivity contribution in [1.82, 2.24) is 19.5 Å². The summed E-state index contributed by atoms with van der Waals surface area (Å²) in [6.07, 6.45) is -3.44. The number of alkyl halides is 3. The van der Waals surface area contributed by atoms with Crippen LogP contribution in [0.1, 0.15) is 11.1 Å². The minimum absolute atomic E-state index is 0.0431. The maximum absolute atomic E-state index is 13.0. The summed E-state index contributed by atoms with van der Waals surface area (Å²) in [6, 6.07) is 3.95. The zero-order valence-electron chi connectivity index (χ0n) is 16.8. The number of nitrogens with zero attached hydrogens (tertiary/aromatic N) is 4. The molecule has 0 bridgehead atoms. The Kier molecular flexibility index (Phi) is 6.23. The van der Waals surface area contributed by atoms with Crippen LogP contribution in [0, 0.1) is 6.92 Å². The quantitative estimate of drug-likeness (QED) is 0.402. The second-order valence-corrected chi connectivity index (χ2v) is 7.91. The number of fused-ring (bicyclic) bond motifs is 1. The van der Waals surface area contributed by atoms with E-state index in [1.807, 2.05) is 0 Å². The van der Waals surface area contributed by atoms with E-state index in [0.29, 0.717) is 16.9 Å². The molecule has 0 aliphatic carbocycles. The van der Waals surface area contributed by atoms with E-state index in [1.165, 1.54) is 12.3 Å². The summed E-state index contributed by atoms with van der Waals surface area (Å²) in [7, 11) is 0. The average molecular weight is 503 g/mol. The van der Waals surface area contributed by atoms with Crippen LogP contribution < -0.4 is 4.74 Å². The number of aryl methyl sites for hydroxylation is 1. The fraction of sp³-hybridized carbons (Fsp3) is 0.250. The minimum atomic E-state index is -4.57. The van der Waals surface area contributed by atoms with E-state index >= 15 is 0 Å². The molecular weight excluding hydrogens is 488 g/mol. The lowest BCUT2D eigenvalue weighted by atomic mass is 10.1. The van der Waals surface area contributed by atoms with Crippen molar-refractivity contribution >= 4 is 28.8 Å². The number of rotatable bonds is 6. The number of halogens is 5. The summed E-state index contributed by atoms with van der Waals surface area (Å²) in [4.78, 5) is 8.43. The largest absolute Gasteiger partial charge is 0.490 e. The highest BCUT2D eigenvalue weighted by molar-refractivity contribution is 6.33. The molecule has 8 nitrogen and oxygen atoms in total. The summed E-state index contributed by atoms with van der Waals surface area (Å²) < 4.78 is 51.0. The number of ether oxygens (including phenoxy) is 1. The van der Waals surface area contributed by atoms with Crippen LogP contribution in [-0.4, -0.2) is 49.1 Å².